The van der Waals surface area contributed by atoms with Crippen molar-refractivity contribution < 1.29 is 19.1 Å². The van der Waals surface area contributed by atoms with Crippen LogP contribution in [-0.2, 0) is 4.74 Å². The summed E-state index contributed by atoms with van der Waals surface area (Å²) in [6.07, 6.45) is 0.791. The van der Waals surface area contributed by atoms with E-state index in [9.17, 15) is 4.79 Å². The summed E-state index contributed by atoms with van der Waals surface area (Å²) in [4.78, 5) is 17.7. The Balaban J connectivity index is 2.23. The minimum atomic E-state index is -0.805. The molecule has 0 saturated carbocycles. The molecule has 1 aromatic heterocycles. The van der Waals surface area contributed by atoms with Crippen LogP contribution in [0, 0.1) is 0 Å². The van der Waals surface area contributed by atoms with Gasteiger partial charge in [-0.1, -0.05) is 4.85 Å². The highest BCUT2D eigenvalue weighted by atomic mass is 16.8. The Kier molecular flexibility index (Phi) is 3.33. The van der Waals surface area contributed by atoms with Crippen LogP contribution in [0.1, 0.15) is 20.8 Å². The number of carbonyl (C=O) groups excluding carboxylic acids is 1. The molecule has 6 heteroatoms. The number of benzene rings is 1. The fraction of sp³-hybridized carbons (Fsp3) is 0.385. The van der Waals surface area contributed by atoms with Gasteiger partial charge in [-0.15, -0.1) is 5.10 Å². The average molecular weight is 264 g/mol. The lowest BCUT2D eigenvalue weighted by molar-refractivity contribution is -0.0148. The molecular formula is C13H16N2O4. The largest absolute Gasteiger partial charge is 0.535 e. The summed E-state index contributed by atoms with van der Waals surface area (Å²) in [6.45, 7) is 5.29. The Morgan fingerprint density at radius 3 is 2.68 bits per heavy atom. The van der Waals surface area contributed by atoms with Crippen LogP contribution in [0.4, 0.5) is 4.79 Å². The van der Waals surface area contributed by atoms with Crippen molar-refractivity contribution in [3.63, 3.8) is 0 Å². The molecule has 0 fully saturated rings. The molecule has 0 spiro atoms. The molecule has 0 bridgehead atoms. The molecule has 1 aromatic carbocycles. The Bertz CT molecular complexity index is 598. The number of rotatable bonds is 2. The molecule has 6 nitrogen and oxygen atoms in total. The molecule has 0 atom stereocenters. The first-order valence-corrected chi connectivity index (χ1v) is 5.82. The summed E-state index contributed by atoms with van der Waals surface area (Å²) >= 11 is 0. The molecule has 2 rings (SSSR count). The van der Waals surface area contributed by atoms with Gasteiger partial charge in [-0.2, -0.15) is 0 Å². The van der Waals surface area contributed by atoms with Gasteiger partial charge < -0.3 is 9.47 Å². The van der Waals surface area contributed by atoms with Gasteiger partial charge in [-0.05, 0) is 32.9 Å². The molecule has 0 aliphatic carbocycles. The molecule has 0 saturated heterocycles. The van der Waals surface area contributed by atoms with Gasteiger partial charge in [0.1, 0.15) is 16.9 Å². The number of methoxy groups -OCH3 is 1. The van der Waals surface area contributed by atoms with Crippen LogP contribution >= 0.6 is 0 Å². The van der Waals surface area contributed by atoms with Gasteiger partial charge in [0.2, 0.25) is 0 Å². The van der Waals surface area contributed by atoms with Crippen molar-refractivity contribution in [3.05, 3.63) is 24.4 Å². The van der Waals surface area contributed by atoms with Crippen LogP contribution in [0.15, 0.2) is 24.4 Å². The summed E-state index contributed by atoms with van der Waals surface area (Å²) < 4.78 is 10.2. The SMILES string of the molecule is COc1ccc2cnn(OC(=O)OC(C)(C)C)c2c1. The van der Waals surface area contributed by atoms with Gasteiger partial charge in [0.25, 0.3) is 0 Å². The van der Waals surface area contributed by atoms with E-state index in [0.29, 0.717) is 11.3 Å². The summed E-state index contributed by atoms with van der Waals surface area (Å²) in [7, 11) is 1.57. The van der Waals surface area contributed by atoms with Gasteiger partial charge in [-0.3, -0.25) is 4.84 Å². The van der Waals surface area contributed by atoms with Crippen molar-refractivity contribution >= 4 is 17.1 Å². The minimum absolute atomic E-state index is 0.613. The van der Waals surface area contributed by atoms with Crippen molar-refractivity contribution in [2.45, 2.75) is 26.4 Å². The normalized spacial score (nSPS) is 11.4. The maximum absolute atomic E-state index is 11.6. The lowest BCUT2D eigenvalue weighted by atomic mass is 10.2. The quantitative estimate of drug-likeness (QED) is 0.779. The summed E-state index contributed by atoms with van der Waals surface area (Å²) in [5.41, 5.74) is 0.0165. The topological polar surface area (TPSA) is 62.6 Å². The smallest absolute Gasteiger partial charge is 0.497 e. The molecule has 0 aliphatic rings. The zero-order chi connectivity index (χ0) is 14.0. The lowest BCUT2D eigenvalue weighted by Gasteiger charge is -2.18. The highest BCUT2D eigenvalue weighted by Crippen LogP contribution is 2.20. The Labute approximate surface area is 110 Å². The first-order valence-electron chi connectivity index (χ1n) is 5.82. The fourth-order valence-electron chi connectivity index (χ4n) is 1.51. The lowest BCUT2D eigenvalue weighted by Crippen LogP contribution is -2.30. The predicted octanol–water partition coefficient (Wildman–Crippen LogP) is 2.41. The molecule has 0 aliphatic heterocycles. The minimum Gasteiger partial charge on any atom is -0.497 e. The number of carbonyl (C=O) groups is 1. The third-order valence-electron chi connectivity index (χ3n) is 2.30. The van der Waals surface area contributed by atoms with E-state index in [4.69, 9.17) is 14.3 Å². The fourth-order valence-corrected chi connectivity index (χ4v) is 1.51. The highest BCUT2D eigenvalue weighted by Gasteiger charge is 2.19. The molecule has 0 radical (unpaired) electrons. The van der Waals surface area contributed by atoms with Crippen molar-refractivity contribution in [1.29, 1.82) is 0 Å². The molecular weight excluding hydrogens is 248 g/mol. The second-order valence-electron chi connectivity index (χ2n) is 5.00. The van der Waals surface area contributed by atoms with E-state index in [1.165, 1.54) is 0 Å². The Hall–Kier alpha value is -2.24. The van der Waals surface area contributed by atoms with E-state index in [0.717, 1.165) is 10.2 Å². The number of nitrogens with zero attached hydrogens (tertiary/aromatic N) is 2. The van der Waals surface area contributed by atoms with Crippen LogP contribution in [0.2, 0.25) is 0 Å². The zero-order valence-corrected chi connectivity index (χ0v) is 11.3. The van der Waals surface area contributed by atoms with Crippen LogP contribution in [0.3, 0.4) is 0 Å². The summed E-state index contributed by atoms with van der Waals surface area (Å²) in [5.74, 6) is 0.655. The molecule has 2 aromatic rings. The molecule has 0 N–H and O–H groups in total. The van der Waals surface area contributed by atoms with Crippen LogP contribution in [0.5, 0.6) is 5.75 Å². The molecule has 0 amide bonds. The van der Waals surface area contributed by atoms with Crippen molar-refractivity contribution in [2.24, 2.45) is 0 Å². The van der Waals surface area contributed by atoms with Gasteiger partial charge in [-0.25, -0.2) is 4.79 Å². The second kappa shape index (κ2) is 4.79. The summed E-state index contributed by atoms with van der Waals surface area (Å²) in [6, 6.07) is 5.37. The summed E-state index contributed by atoms with van der Waals surface area (Å²) in [5, 5.41) is 4.82. The van der Waals surface area contributed by atoms with E-state index >= 15 is 0 Å². The van der Waals surface area contributed by atoms with Crippen molar-refractivity contribution in [2.75, 3.05) is 7.11 Å². The molecule has 102 valence electrons. The molecule has 19 heavy (non-hydrogen) atoms. The van der Waals surface area contributed by atoms with E-state index in [1.807, 2.05) is 12.1 Å². The number of hydrogen-bond donors (Lipinski definition) is 0. The highest BCUT2D eigenvalue weighted by molar-refractivity contribution is 5.80. The predicted molar refractivity (Wildman–Crippen MR) is 69.1 cm³/mol. The number of fused-ring (bicyclic) bond motifs is 1. The maximum Gasteiger partial charge on any atom is 0.535 e. The number of aromatic nitrogens is 2. The standard InChI is InChI=1S/C13H16N2O4/c1-13(2,3)18-12(16)19-15-11-7-10(17-4)6-5-9(11)8-14-15/h5-8H,1-4H3. The zero-order valence-electron chi connectivity index (χ0n) is 11.3. The third-order valence-corrected chi connectivity index (χ3v) is 2.30. The van der Waals surface area contributed by atoms with Crippen LogP contribution < -0.4 is 9.57 Å². The van der Waals surface area contributed by atoms with E-state index < -0.39 is 11.8 Å². The number of ether oxygens (including phenoxy) is 2. The van der Waals surface area contributed by atoms with Gasteiger partial charge in [0.05, 0.1) is 13.3 Å². The van der Waals surface area contributed by atoms with Crippen molar-refractivity contribution in [1.82, 2.24) is 9.94 Å². The van der Waals surface area contributed by atoms with Crippen LogP contribution in [-0.4, -0.2) is 28.8 Å². The first-order chi connectivity index (χ1) is 8.89. The maximum atomic E-state index is 11.6. The van der Waals surface area contributed by atoms with E-state index in [1.54, 1.807) is 40.1 Å². The van der Waals surface area contributed by atoms with Gasteiger partial charge >= 0.3 is 6.16 Å². The van der Waals surface area contributed by atoms with Crippen LogP contribution in [0.25, 0.3) is 10.9 Å². The first kappa shape index (κ1) is 13.2. The Morgan fingerprint density at radius 2 is 2.05 bits per heavy atom. The molecule has 0 unspecified atom stereocenters. The van der Waals surface area contributed by atoms with E-state index in [2.05, 4.69) is 5.10 Å². The van der Waals surface area contributed by atoms with Gasteiger partial charge in [0.15, 0.2) is 0 Å². The number of hydrogen-bond acceptors (Lipinski definition) is 5. The average Bonchev–Trinajstić information content (AvgIpc) is 2.69. The van der Waals surface area contributed by atoms with E-state index in [-0.39, 0.29) is 0 Å². The monoisotopic (exact) mass is 264 g/mol. The second-order valence-corrected chi connectivity index (χ2v) is 5.00. The van der Waals surface area contributed by atoms with Crippen molar-refractivity contribution in [3.8, 4) is 5.75 Å². The van der Waals surface area contributed by atoms with Gasteiger partial charge in [0, 0.05) is 11.5 Å². The third kappa shape index (κ3) is 3.15. The Morgan fingerprint density at radius 1 is 1.32 bits per heavy atom. The molecule has 1 heterocycles.